The molecule has 1 saturated carbocycles. The molecular weight excluding hydrogens is 386 g/mol. The standard InChI is InChI=1S/C17H22BrN5O2/c1-16(2,3)25-15(24)23-10(4-5-17(23)6-7-17)14-21-12(18)11-13(19)20-8-9-22(11)14/h8-10H,4-7H2,1-3H3,(H2,19,20)/t10-/m0/s1. The lowest BCUT2D eigenvalue weighted by Gasteiger charge is -2.32. The first kappa shape index (κ1) is 16.6. The van der Waals surface area contributed by atoms with Crippen molar-refractivity contribution < 1.29 is 9.53 Å². The highest BCUT2D eigenvalue weighted by Crippen LogP contribution is 2.56. The third-order valence-electron chi connectivity index (χ3n) is 4.99. The van der Waals surface area contributed by atoms with Gasteiger partial charge in [-0.05, 0) is 62.4 Å². The molecule has 2 aromatic heterocycles. The Morgan fingerprint density at radius 2 is 2.12 bits per heavy atom. The predicted octanol–water partition coefficient (Wildman–Crippen LogP) is 3.68. The van der Waals surface area contributed by atoms with Crippen LogP contribution >= 0.6 is 15.9 Å². The molecule has 0 aromatic carbocycles. The Kier molecular flexibility index (Phi) is 3.55. The van der Waals surface area contributed by atoms with Crippen LogP contribution in [-0.2, 0) is 4.74 Å². The number of nitrogen functional groups attached to an aromatic ring is 1. The Hall–Kier alpha value is -1.83. The van der Waals surface area contributed by atoms with Crippen molar-refractivity contribution in [2.24, 2.45) is 0 Å². The minimum atomic E-state index is -0.524. The number of hydrogen-bond donors (Lipinski definition) is 1. The molecule has 8 heteroatoms. The Morgan fingerprint density at radius 3 is 2.76 bits per heavy atom. The summed E-state index contributed by atoms with van der Waals surface area (Å²) >= 11 is 3.48. The molecule has 0 radical (unpaired) electrons. The van der Waals surface area contributed by atoms with Crippen LogP contribution in [0.3, 0.4) is 0 Å². The Balaban J connectivity index is 1.77. The number of aromatic nitrogens is 3. The molecule has 1 aliphatic carbocycles. The van der Waals surface area contributed by atoms with Gasteiger partial charge in [0.05, 0.1) is 6.04 Å². The number of nitrogens with two attached hydrogens (primary N) is 1. The van der Waals surface area contributed by atoms with Crippen LogP contribution < -0.4 is 5.73 Å². The van der Waals surface area contributed by atoms with Crippen LogP contribution in [-0.4, -0.2) is 36.5 Å². The lowest BCUT2D eigenvalue weighted by Crippen LogP contribution is -2.42. The van der Waals surface area contributed by atoms with Gasteiger partial charge in [-0.2, -0.15) is 0 Å². The average molecular weight is 408 g/mol. The van der Waals surface area contributed by atoms with Gasteiger partial charge in [-0.3, -0.25) is 9.30 Å². The first-order valence-electron chi connectivity index (χ1n) is 8.52. The van der Waals surface area contributed by atoms with E-state index in [9.17, 15) is 4.79 Å². The molecule has 2 fully saturated rings. The summed E-state index contributed by atoms with van der Waals surface area (Å²) in [4.78, 5) is 23.6. The molecule has 134 valence electrons. The highest BCUT2D eigenvalue weighted by molar-refractivity contribution is 9.10. The van der Waals surface area contributed by atoms with Crippen LogP contribution in [0.5, 0.6) is 0 Å². The van der Waals surface area contributed by atoms with E-state index in [0.29, 0.717) is 10.4 Å². The molecule has 1 spiro atoms. The van der Waals surface area contributed by atoms with Gasteiger partial charge in [0.15, 0.2) is 5.82 Å². The van der Waals surface area contributed by atoms with E-state index in [0.717, 1.165) is 37.0 Å². The van der Waals surface area contributed by atoms with E-state index >= 15 is 0 Å². The topological polar surface area (TPSA) is 85.8 Å². The summed E-state index contributed by atoms with van der Waals surface area (Å²) < 4.78 is 8.27. The Morgan fingerprint density at radius 1 is 1.40 bits per heavy atom. The van der Waals surface area contributed by atoms with Gasteiger partial charge < -0.3 is 10.5 Å². The first-order chi connectivity index (χ1) is 11.7. The second-order valence-corrected chi connectivity index (χ2v) is 8.67. The average Bonchev–Trinajstić information content (AvgIpc) is 3.04. The summed E-state index contributed by atoms with van der Waals surface area (Å²) in [5, 5.41) is 0. The summed E-state index contributed by atoms with van der Waals surface area (Å²) in [5.74, 6) is 1.21. The van der Waals surface area contributed by atoms with E-state index in [-0.39, 0.29) is 17.7 Å². The normalized spacial score (nSPS) is 21.9. The summed E-state index contributed by atoms with van der Waals surface area (Å²) in [6.07, 6.45) is 7.12. The minimum Gasteiger partial charge on any atom is -0.444 e. The van der Waals surface area contributed by atoms with Gasteiger partial charge in [-0.15, -0.1) is 0 Å². The molecule has 2 aliphatic rings. The van der Waals surface area contributed by atoms with Gasteiger partial charge in [0.25, 0.3) is 0 Å². The third kappa shape index (κ3) is 2.67. The molecule has 2 aromatic rings. The second kappa shape index (κ2) is 5.33. The first-order valence-corrected chi connectivity index (χ1v) is 9.31. The fourth-order valence-electron chi connectivity index (χ4n) is 3.78. The number of nitrogens with zero attached hydrogens (tertiary/aromatic N) is 4. The molecular formula is C17H22BrN5O2. The number of anilines is 1. The van der Waals surface area contributed by atoms with Crippen molar-refractivity contribution in [2.75, 3.05) is 5.73 Å². The molecule has 1 atom stereocenters. The van der Waals surface area contributed by atoms with Crippen LogP contribution in [0.4, 0.5) is 10.6 Å². The largest absolute Gasteiger partial charge is 0.444 e. The lowest BCUT2D eigenvalue weighted by atomic mass is 10.2. The van der Waals surface area contributed by atoms with Gasteiger partial charge in [0, 0.05) is 17.9 Å². The molecule has 0 unspecified atom stereocenters. The second-order valence-electron chi connectivity index (χ2n) is 7.92. The molecule has 7 nitrogen and oxygen atoms in total. The number of carbonyl (C=O) groups excluding carboxylic acids is 1. The van der Waals surface area contributed by atoms with E-state index in [2.05, 4.69) is 25.9 Å². The smallest absolute Gasteiger partial charge is 0.411 e. The van der Waals surface area contributed by atoms with E-state index in [1.54, 1.807) is 6.20 Å². The number of fused-ring (bicyclic) bond motifs is 1. The molecule has 1 saturated heterocycles. The zero-order chi connectivity index (χ0) is 18.0. The summed E-state index contributed by atoms with van der Waals surface area (Å²) in [5.41, 5.74) is 6.15. The third-order valence-corrected chi connectivity index (χ3v) is 5.54. The van der Waals surface area contributed by atoms with Crippen molar-refractivity contribution in [3.63, 3.8) is 0 Å². The maximum absolute atomic E-state index is 12.9. The van der Waals surface area contributed by atoms with Crippen LogP contribution in [0, 0.1) is 0 Å². The molecule has 0 bridgehead atoms. The van der Waals surface area contributed by atoms with Crippen molar-refractivity contribution in [3.8, 4) is 0 Å². The number of hydrogen-bond acceptors (Lipinski definition) is 5. The number of halogens is 1. The van der Waals surface area contributed by atoms with E-state index in [1.807, 2.05) is 36.3 Å². The van der Waals surface area contributed by atoms with Crippen molar-refractivity contribution in [1.82, 2.24) is 19.3 Å². The maximum atomic E-state index is 12.9. The molecule has 4 rings (SSSR count). The number of likely N-dealkylation sites (tertiary alicyclic amines) is 1. The molecule has 2 N–H and O–H groups in total. The monoisotopic (exact) mass is 407 g/mol. The van der Waals surface area contributed by atoms with Gasteiger partial charge in [-0.1, -0.05) is 0 Å². The summed E-state index contributed by atoms with van der Waals surface area (Å²) in [6, 6.07) is -0.127. The van der Waals surface area contributed by atoms with Gasteiger partial charge in [-0.25, -0.2) is 14.8 Å². The molecule has 1 amide bonds. The van der Waals surface area contributed by atoms with Crippen molar-refractivity contribution in [2.45, 2.75) is 63.6 Å². The van der Waals surface area contributed by atoms with Gasteiger partial charge in [0.1, 0.15) is 21.5 Å². The van der Waals surface area contributed by atoms with Crippen molar-refractivity contribution >= 4 is 33.4 Å². The van der Waals surface area contributed by atoms with Crippen molar-refractivity contribution in [1.29, 1.82) is 0 Å². The summed E-state index contributed by atoms with van der Waals surface area (Å²) in [7, 11) is 0. The van der Waals surface area contributed by atoms with Crippen LogP contribution in [0.15, 0.2) is 17.0 Å². The molecule has 25 heavy (non-hydrogen) atoms. The highest BCUT2D eigenvalue weighted by atomic mass is 79.9. The molecule has 1 aliphatic heterocycles. The number of rotatable bonds is 1. The maximum Gasteiger partial charge on any atom is 0.411 e. The van der Waals surface area contributed by atoms with Crippen LogP contribution in [0.2, 0.25) is 0 Å². The van der Waals surface area contributed by atoms with Gasteiger partial charge in [0.2, 0.25) is 0 Å². The zero-order valence-corrected chi connectivity index (χ0v) is 16.2. The number of amides is 1. The minimum absolute atomic E-state index is 0.0656. The quantitative estimate of drug-likeness (QED) is 0.778. The Labute approximate surface area is 154 Å². The van der Waals surface area contributed by atoms with Crippen LogP contribution in [0.25, 0.3) is 5.52 Å². The predicted molar refractivity (Wildman–Crippen MR) is 97.1 cm³/mol. The number of imidazole rings is 1. The highest BCUT2D eigenvalue weighted by Gasteiger charge is 2.58. The fraction of sp³-hybridized carbons (Fsp3) is 0.588. The van der Waals surface area contributed by atoms with Gasteiger partial charge >= 0.3 is 6.09 Å². The SMILES string of the molecule is CC(C)(C)OC(=O)N1[C@H](c2nc(Br)c3c(N)nccn23)CCC12CC2. The van der Waals surface area contributed by atoms with E-state index in [1.165, 1.54) is 0 Å². The van der Waals surface area contributed by atoms with E-state index < -0.39 is 5.60 Å². The lowest BCUT2D eigenvalue weighted by molar-refractivity contribution is 0.0108. The molecule has 3 heterocycles. The van der Waals surface area contributed by atoms with Crippen LogP contribution in [0.1, 0.15) is 58.3 Å². The number of carbonyl (C=O) groups is 1. The Bertz CT molecular complexity index is 853. The zero-order valence-electron chi connectivity index (χ0n) is 14.6. The van der Waals surface area contributed by atoms with Crippen molar-refractivity contribution in [3.05, 3.63) is 22.8 Å². The summed E-state index contributed by atoms with van der Waals surface area (Å²) in [6.45, 7) is 5.68. The number of ether oxygens (including phenoxy) is 1. The fourth-order valence-corrected chi connectivity index (χ4v) is 4.35. The van der Waals surface area contributed by atoms with E-state index in [4.69, 9.17) is 10.5 Å².